The number of para-hydroxylation sites is 1. The number of halogens is 1. The SMILES string of the molecule is O=C(NNc1ccccc1)C1CCN(C(=O)c2ccc(F)cc2)CC1. The van der Waals surface area contributed by atoms with Crippen LogP contribution in [0.2, 0.25) is 0 Å². The highest BCUT2D eigenvalue weighted by molar-refractivity contribution is 5.94. The number of amides is 2. The molecular formula is C19H20FN3O2. The summed E-state index contributed by atoms with van der Waals surface area (Å²) in [6.07, 6.45) is 1.21. The van der Waals surface area contributed by atoms with Crippen molar-refractivity contribution in [1.29, 1.82) is 0 Å². The van der Waals surface area contributed by atoms with Gasteiger partial charge in [0, 0.05) is 24.6 Å². The van der Waals surface area contributed by atoms with Gasteiger partial charge in [-0.25, -0.2) is 4.39 Å². The Hall–Kier alpha value is -2.89. The summed E-state index contributed by atoms with van der Waals surface area (Å²) in [6, 6.07) is 14.9. The van der Waals surface area contributed by atoms with Gasteiger partial charge >= 0.3 is 0 Å². The molecule has 2 N–H and O–H groups in total. The third kappa shape index (κ3) is 4.35. The van der Waals surface area contributed by atoms with Gasteiger partial charge in [-0.3, -0.25) is 20.4 Å². The molecule has 5 nitrogen and oxygen atoms in total. The lowest BCUT2D eigenvalue weighted by Gasteiger charge is -2.31. The number of nitrogens with zero attached hydrogens (tertiary/aromatic N) is 1. The van der Waals surface area contributed by atoms with Crippen molar-refractivity contribution in [2.75, 3.05) is 18.5 Å². The minimum absolute atomic E-state index is 0.0715. The Balaban J connectivity index is 1.48. The summed E-state index contributed by atoms with van der Waals surface area (Å²) in [6.45, 7) is 1.03. The van der Waals surface area contributed by atoms with E-state index in [1.165, 1.54) is 24.3 Å². The monoisotopic (exact) mass is 341 g/mol. The molecule has 6 heteroatoms. The van der Waals surface area contributed by atoms with Crippen LogP contribution in [0.3, 0.4) is 0 Å². The first kappa shape index (κ1) is 17.0. The van der Waals surface area contributed by atoms with Crippen LogP contribution < -0.4 is 10.9 Å². The van der Waals surface area contributed by atoms with E-state index in [4.69, 9.17) is 0 Å². The second kappa shape index (κ2) is 7.79. The number of hydrogen-bond acceptors (Lipinski definition) is 3. The number of piperidine rings is 1. The van der Waals surface area contributed by atoms with Gasteiger partial charge in [0.15, 0.2) is 0 Å². The van der Waals surface area contributed by atoms with Crippen molar-refractivity contribution in [2.45, 2.75) is 12.8 Å². The first-order valence-corrected chi connectivity index (χ1v) is 8.29. The first-order valence-electron chi connectivity index (χ1n) is 8.29. The second-order valence-corrected chi connectivity index (χ2v) is 6.05. The Kier molecular flexibility index (Phi) is 5.28. The normalized spacial score (nSPS) is 14.8. The van der Waals surface area contributed by atoms with Crippen LogP contribution in [-0.2, 0) is 4.79 Å². The molecular weight excluding hydrogens is 321 g/mol. The molecule has 1 heterocycles. The Morgan fingerprint density at radius 1 is 0.960 bits per heavy atom. The third-order valence-electron chi connectivity index (χ3n) is 4.35. The molecule has 0 spiro atoms. The number of nitrogens with one attached hydrogen (secondary N) is 2. The molecule has 1 saturated heterocycles. The van der Waals surface area contributed by atoms with E-state index in [0.29, 0.717) is 31.5 Å². The Labute approximate surface area is 145 Å². The van der Waals surface area contributed by atoms with Crippen LogP contribution in [0.5, 0.6) is 0 Å². The Morgan fingerprint density at radius 2 is 1.60 bits per heavy atom. The zero-order chi connectivity index (χ0) is 17.6. The standard InChI is InChI=1S/C19H20FN3O2/c20-16-8-6-15(7-9-16)19(25)23-12-10-14(11-13-23)18(24)22-21-17-4-2-1-3-5-17/h1-9,14,21H,10-13H2,(H,22,24). The van der Waals surface area contributed by atoms with Crippen molar-refractivity contribution < 1.29 is 14.0 Å². The fraction of sp³-hybridized carbons (Fsp3) is 0.263. The summed E-state index contributed by atoms with van der Waals surface area (Å²) >= 11 is 0. The molecule has 0 aliphatic carbocycles. The average Bonchev–Trinajstić information content (AvgIpc) is 2.67. The molecule has 0 unspecified atom stereocenters. The molecule has 2 aromatic carbocycles. The number of likely N-dealkylation sites (tertiary alicyclic amines) is 1. The summed E-state index contributed by atoms with van der Waals surface area (Å²) in [5.74, 6) is -0.690. The van der Waals surface area contributed by atoms with Gasteiger partial charge in [0.2, 0.25) is 5.91 Å². The van der Waals surface area contributed by atoms with Crippen molar-refractivity contribution in [1.82, 2.24) is 10.3 Å². The fourth-order valence-electron chi connectivity index (χ4n) is 2.88. The number of benzene rings is 2. The van der Waals surface area contributed by atoms with Gasteiger partial charge in [-0.2, -0.15) is 0 Å². The van der Waals surface area contributed by atoms with Crippen molar-refractivity contribution in [3.8, 4) is 0 Å². The van der Waals surface area contributed by atoms with Crippen molar-refractivity contribution in [2.24, 2.45) is 5.92 Å². The van der Waals surface area contributed by atoms with E-state index in [2.05, 4.69) is 10.9 Å². The first-order chi connectivity index (χ1) is 12.1. The molecule has 1 fully saturated rings. The Bertz CT molecular complexity index is 726. The van der Waals surface area contributed by atoms with Gasteiger partial charge in [0.1, 0.15) is 5.82 Å². The van der Waals surface area contributed by atoms with Crippen LogP contribution in [0.25, 0.3) is 0 Å². The maximum atomic E-state index is 13.0. The van der Waals surface area contributed by atoms with Crippen LogP contribution in [0, 0.1) is 11.7 Å². The predicted octanol–water partition coefficient (Wildman–Crippen LogP) is 2.82. The van der Waals surface area contributed by atoms with E-state index < -0.39 is 0 Å². The summed E-state index contributed by atoms with van der Waals surface area (Å²) in [5.41, 5.74) is 6.89. The lowest BCUT2D eigenvalue weighted by molar-refractivity contribution is -0.125. The van der Waals surface area contributed by atoms with Gasteiger partial charge in [-0.05, 0) is 49.2 Å². The largest absolute Gasteiger partial charge is 0.339 e. The third-order valence-corrected chi connectivity index (χ3v) is 4.35. The molecule has 3 rings (SSSR count). The van der Waals surface area contributed by atoms with E-state index in [1.807, 2.05) is 30.3 Å². The van der Waals surface area contributed by atoms with Crippen LogP contribution in [0.4, 0.5) is 10.1 Å². The van der Waals surface area contributed by atoms with Gasteiger partial charge in [-0.15, -0.1) is 0 Å². The maximum absolute atomic E-state index is 13.0. The summed E-state index contributed by atoms with van der Waals surface area (Å²) in [4.78, 5) is 26.3. The van der Waals surface area contributed by atoms with Crippen LogP contribution in [-0.4, -0.2) is 29.8 Å². The summed E-state index contributed by atoms with van der Waals surface area (Å²) < 4.78 is 13.0. The number of hydrogen-bond donors (Lipinski definition) is 2. The molecule has 2 amide bonds. The quantitative estimate of drug-likeness (QED) is 0.841. The van der Waals surface area contributed by atoms with Crippen LogP contribution in [0.1, 0.15) is 23.2 Å². The molecule has 1 aliphatic heterocycles. The van der Waals surface area contributed by atoms with Gasteiger partial charge < -0.3 is 4.90 Å². The number of rotatable bonds is 4. The summed E-state index contributed by atoms with van der Waals surface area (Å²) in [5, 5.41) is 0. The second-order valence-electron chi connectivity index (χ2n) is 6.05. The molecule has 0 atom stereocenters. The molecule has 1 aliphatic rings. The molecule has 2 aromatic rings. The number of anilines is 1. The molecule has 0 radical (unpaired) electrons. The topological polar surface area (TPSA) is 61.4 Å². The number of carbonyl (C=O) groups is 2. The number of carbonyl (C=O) groups excluding carboxylic acids is 2. The highest BCUT2D eigenvalue weighted by atomic mass is 19.1. The minimum atomic E-state index is -0.363. The van der Waals surface area contributed by atoms with Gasteiger partial charge in [-0.1, -0.05) is 18.2 Å². The fourth-order valence-corrected chi connectivity index (χ4v) is 2.88. The zero-order valence-electron chi connectivity index (χ0n) is 13.7. The highest BCUT2D eigenvalue weighted by Gasteiger charge is 2.27. The van der Waals surface area contributed by atoms with Gasteiger partial charge in [0.05, 0.1) is 5.69 Å². The van der Waals surface area contributed by atoms with E-state index in [1.54, 1.807) is 4.90 Å². The molecule has 130 valence electrons. The predicted molar refractivity (Wildman–Crippen MR) is 93.2 cm³/mol. The smallest absolute Gasteiger partial charge is 0.253 e. The molecule has 0 saturated carbocycles. The van der Waals surface area contributed by atoms with Crippen molar-refractivity contribution in [3.63, 3.8) is 0 Å². The average molecular weight is 341 g/mol. The van der Waals surface area contributed by atoms with Gasteiger partial charge in [0.25, 0.3) is 5.91 Å². The van der Waals surface area contributed by atoms with Crippen molar-refractivity contribution >= 4 is 17.5 Å². The Morgan fingerprint density at radius 3 is 2.24 bits per heavy atom. The zero-order valence-corrected chi connectivity index (χ0v) is 13.7. The molecule has 0 bridgehead atoms. The van der Waals surface area contributed by atoms with E-state index >= 15 is 0 Å². The minimum Gasteiger partial charge on any atom is -0.339 e. The number of hydrazine groups is 1. The van der Waals surface area contributed by atoms with E-state index in [0.717, 1.165) is 5.69 Å². The van der Waals surface area contributed by atoms with Crippen molar-refractivity contribution in [3.05, 3.63) is 66.0 Å². The van der Waals surface area contributed by atoms with E-state index in [9.17, 15) is 14.0 Å². The molecule has 25 heavy (non-hydrogen) atoms. The lowest BCUT2D eigenvalue weighted by Crippen LogP contribution is -2.44. The van der Waals surface area contributed by atoms with Crippen LogP contribution in [0.15, 0.2) is 54.6 Å². The van der Waals surface area contributed by atoms with E-state index in [-0.39, 0.29) is 23.5 Å². The molecule has 0 aromatic heterocycles. The van der Waals surface area contributed by atoms with Crippen LogP contribution >= 0.6 is 0 Å². The highest BCUT2D eigenvalue weighted by Crippen LogP contribution is 2.19. The summed E-state index contributed by atoms with van der Waals surface area (Å²) in [7, 11) is 0. The maximum Gasteiger partial charge on any atom is 0.253 e. The lowest BCUT2D eigenvalue weighted by atomic mass is 9.95.